The van der Waals surface area contributed by atoms with Crippen molar-refractivity contribution in [2.24, 2.45) is 5.92 Å². The molecular formula is C22H32N2O6. The minimum absolute atomic E-state index is 0.189. The molecule has 0 bridgehead atoms. The molecule has 1 amide bonds. The summed E-state index contributed by atoms with van der Waals surface area (Å²) >= 11 is 0. The van der Waals surface area contributed by atoms with Gasteiger partial charge in [0, 0.05) is 38.9 Å². The fourth-order valence-corrected chi connectivity index (χ4v) is 3.94. The molecule has 1 aromatic carbocycles. The number of ether oxygens (including phenoxy) is 1. The molecule has 3 rings (SSSR count). The summed E-state index contributed by atoms with van der Waals surface area (Å²) in [6, 6.07) is 10.1. The first-order chi connectivity index (χ1) is 14.3. The topological polar surface area (TPSA) is 107 Å². The lowest BCUT2D eigenvalue weighted by atomic mass is 9.85. The van der Waals surface area contributed by atoms with Crippen LogP contribution in [0.3, 0.4) is 0 Å². The van der Waals surface area contributed by atoms with Crippen molar-refractivity contribution in [2.45, 2.75) is 44.6 Å². The number of carbonyl (C=O) groups is 3. The first-order valence-electron chi connectivity index (χ1n) is 10.4. The highest BCUT2D eigenvalue weighted by molar-refractivity contribution is 6.27. The average molecular weight is 421 g/mol. The maximum atomic E-state index is 12.8. The third kappa shape index (κ3) is 6.53. The van der Waals surface area contributed by atoms with Crippen LogP contribution in [0.15, 0.2) is 30.3 Å². The Labute approximate surface area is 177 Å². The molecular weight excluding hydrogens is 388 g/mol. The van der Waals surface area contributed by atoms with Crippen LogP contribution in [-0.4, -0.2) is 71.8 Å². The van der Waals surface area contributed by atoms with E-state index in [2.05, 4.69) is 4.90 Å². The molecule has 1 saturated carbocycles. The minimum atomic E-state index is -1.82. The Kier molecular flexibility index (Phi) is 8.80. The number of methoxy groups -OCH3 is 1. The van der Waals surface area contributed by atoms with E-state index in [1.165, 1.54) is 19.4 Å². The van der Waals surface area contributed by atoms with Crippen LogP contribution in [0.2, 0.25) is 0 Å². The fraction of sp³-hybridized carbons (Fsp3) is 0.591. The highest BCUT2D eigenvalue weighted by Crippen LogP contribution is 2.36. The number of para-hydroxylation sites is 1. The SMILES string of the molecule is CCC(=O)N(c1ccccc1)C1(COC)CCN(CC2CC2)CC1.O=C(O)C(=O)O. The molecule has 0 spiro atoms. The van der Waals surface area contributed by atoms with Crippen molar-refractivity contribution < 1.29 is 29.3 Å². The molecule has 0 unspecified atom stereocenters. The number of aliphatic carboxylic acids is 2. The number of anilines is 1. The maximum absolute atomic E-state index is 12.8. The first kappa shape index (κ1) is 23.8. The van der Waals surface area contributed by atoms with Gasteiger partial charge in [-0.05, 0) is 43.7 Å². The van der Waals surface area contributed by atoms with Crippen LogP contribution < -0.4 is 4.90 Å². The highest BCUT2D eigenvalue weighted by atomic mass is 16.5. The first-order valence-corrected chi connectivity index (χ1v) is 10.4. The lowest BCUT2D eigenvalue weighted by Gasteiger charge is -2.48. The highest BCUT2D eigenvalue weighted by Gasteiger charge is 2.43. The van der Waals surface area contributed by atoms with Gasteiger partial charge in [-0.1, -0.05) is 25.1 Å². The number of hydrogen-bond donors (Lipinski definition) is 2. The zero-order chi connectivity index (χ0) is 22.1. The van der Waals surface area contributed by atoms with Crippen molar-refractivity contribution in [1.82, 2.24) is 4.90 Å². The van der Waals surface area contributed by atoms with E-state index in [-0.39, 0.29) is 11.4 Å². The number of nitrogens with zero attached hydrogens (tertiary/aromatic N) is 2. The minimum Gasteiger partial charge on any atom is -0.473 e. The van der Waals surface area contributed by atoms with Gasteiger partial charge >= 0.3 is 11.9 Å². The Balaban J connectivity index is 0.000000469. The van der Waals surface area contributed by atoms with E-state index in [0.717, 1.165) is 37.5 Å². The van der Waals surface area contributed by atoms with Crippen molar-refractivity contribution in [3.05, 3.63) is 30.3 Å². The van der Waals surface area contributed by atoms with Gasteiger partial charge in [-0.25, -0.2) is 9.59 Å². The predicted molar refractivity (Wildman–Crippen MR) is 112 cm³/mol. The number of piperidine rings is 1. The van der Waals surface area contributed by atoms with Crippen LogP contribution in [0.4, 0.5) is 5.69 Å². The zero-order valence-corrected chi connectivity index (χ0v) is 17.7. The Morgan fingerprint density at radius 1 is 1.10 bits per heavy atom. The fourth-order valence-electron chi connectivity index (χ4n) is 3.94. The predicted octanol–water partition coefficient (Wildman–Crippen LogP) is 2.48. The van der Waals surface area contributed by atoms with Crippen LogP contribution in [0, 0.1) is 5.92 Å². The summed E-state index contributed by atoms with van der Waals surface area (Å²) in [7, 11) is 1.75. The number of benzene rings is 1. The van der Waals surface area contributed by atoms with Crippen molar-refractivity contribution in [2.75, 3.05) is 38.3 Å². The van der Waals surface area contributed by atoms with E-state index < -0.39 is 11.9 Å². The molecule has 2 aliphatic rings. The number of carboxylic acids is 2. The van der Waals surface area contributed by atoms with Gasteiger partial charge < -0.3 is 24.7 Å². The molecule has 1 aliphatic heterocycles. The summed E-state index contributed by atoms with van der Waals surface area (Å²) in [5.74, 6) is -2.54. The van der Waals surface area contributed by atoms with Gasteiger partial charge in [0.1, 0.15) is 0 Å². The molecule has 1 heterocycles. The Morgan fingerprint density at radius 3 is 2.10 bits per heavy atom. The molecule has 2 N–H and O–H groups in total. The molecule has 1 aliphatic carbocycles. The number of rotatable bonds is 7. The summed E-state index contributed by atoms with van der Waals surface area (Å²) in [4.78, 5) is 35.6. The van der Waals surface area contributed by atoms with E-state index in [1.54, 1.807) is 7.11 Å². The van der Waals surface area contributed by atoms with Crippen molar-refractivity contribution in [1.29, 1.82) is 0 Å². The summed E-state index contributed by atoms with van der Waals surface area (Å²) in [5.41, 5.74) is 0.778. The molecule has 0 atom stereocenters. The van der Waals surface area contributed by atoms with E-state index in [9.17, 15) is 4.79 Å². The standard InChI is InChI=1S/C20H30N2O2.C2H2O4/c1-3-19(23)22(18-7-5-4-6-8-18)20(16-24-2)11-13-21(14-12-20)15-17-9-10-17;3-1(4)2(5)6/h4-8,17H,3,9-16H2,1-2H3;(H,3,4)(H,5,6). The van der Waals surface area contributed by atoms with Crippen LogP contribution in [0.25, 0.3) is 0 Å². The largest absolute Gasteiger partial charge is 0.473 e. The number of carbonyl (C=O) groups excluding carboxylic acids is 1. The second-order valence-corrected chi connectivity index (χ2v) is 7.93. The molecule has 8 heteroatoms. The summed E-state index contributed by atoms with van der Waals surface area (Å²) in [6.07, 6.45) is 5.27. The van der Waals surface area contributed by atoms with Crippen LogP contribution in [0.5, 0.6) is 0 Å². The zero-order valence-electron chi connectivity index (χ0n) is 17.7. The quantitative estimate of drug-likeness (QED) is 0.653. The van der Waals surface area contributed by atoms with Gasteiger partial charge in [-0.3, -0.25) is 4.79 Å². The number of likely N-dealkylation sites (tertiary alicyclic amines) is 1. The van der Waals surface area contributed by atoms with Gasteiger partial charge in [0.2, 0.25) is 5.91 Å². The molecule has 1 aromatic rings. The van der Waals surface area contributed by atoms with E-state index in [4.69, 9.17) is 24.5 Å². The molecule has 0 aromatic heterocycles. The molecule has 8 nitrogen and oxygen atoms in total. The monoisotopic (exact) mass is 420 g/mol. The lowest BCUT2D eigenvalue weighted by molar-refractivity contribution is -0.159. The van der Waals surface area contributed by atoms with Gasteiger partial charge in [-0.15, -0.1) is 0 Å². The van der Waals surface area contributed by atoms with Crippen molar-refractivity contribution in [3.8, 4) is 0 Å². The Hall–Kier alpha value is -2.45. The number of hydrogen-bond acceptors (Lipinski definition) is 5. The van der Waals surface area contributed by atoms with Gasteiger partial charge in [0.05, 0.1) is 12.1 Å². The van der Waals surface area contributed by atoms with Gasteiger partial charge in [-0.2, -0.15) is 0 Å². The molecule has 30 heavy (non-hydrogen) atoms. The average Bonchev–Trinajstić information content (AvgIpc) is 3.55. The second-order valence-electron chi connectivity index (χ2n) is 7.93. The van der Waals surface area contributed by atoms with Crippen molar-refractivity contribution in [3.63, 3.8) is 0 Å². The van der Waals surface area contributed by atoms with E-state index >= 15 is 0 Å². The summed E-state index contributed by atoms with van der Waals surface area (Å²) in [6.45, 7) is 5.89. The normalized spacial score (nSPS) is 18.1. The Morgan fingerprint density at radius 2 is 1.67 bits per heavy atom. The lowest BCUT2D eigenvalue weighted by Crippen LogP contribution is -2.60. The number of amides is 1. The van der Waals surface area contributed by atoms with Crippen LogP contribution >= 0.6 is 0 Å². The smallest absolute Gasteiger partial charge is 0.414 e. The molecule has 166 valence electrons. The van der Waals surface area contributed by atoms with E-state index in [1.807, 2.05) is 42.2 Å². The van der Waals surface area contributed by atoms with Crippen LogP contribution in [0.1, 0.15) is 39.0 Å². The molecule has 2 fully saturated rings. The molecule has 1 saturated heterocycles. The maximum Gasteiger partial charge on any atom is 0.414 e. The second kappa shape index (κ2) is 11.1. The van der Waals surface area contributed by atoms with Gasteiger partial charge in [0.15, 0.2) is 0 Å². The summed E-state index contributed by atoms with van der Waals surface area (Å²) < 4.78 is 5.60. The van der Waals surface area contributed by atoms with Gasteiger partial charge in [0.25, 0.3) is 0 Å². The third-order valence-corrected chi connectivity index (χ3v) is 5.64. The van der Waals surface area contributed by atoms with Crippen LogP contribution in [-0.2, 0) is 19.1 Å². The summed E-state index contributed by atoms with van der Waals surface area (Å²) in [5, 5.41) is 14.8. The van der Waals surface area contributed by atoms with Crippen molar-refractivity contribution >= 4 is 23.5 Å². The third-order valence-electron chi connectivity index (χ3n) is 5.64. The van der Waals surface area contributed by atoms with E-state index in [0.29, 0.717) is 13.0 Å². The number of carboxylic acid groups (broad SMARTS) is 2. The Bertz CT molecular complexity index is 700. The molecule has 0 radical (unpaired) electrons.